The van der Waals surface area contributed by atoms with E-state index in [9.17, 15) is 0 Å². The van der Waals surface area contributed by atoms with Crippen molar-refractivity contribution in [2.24, 2.45) is 5.73 Å². The van der Waals surface area contributed by atoms with Gasteiger partial charge in [0.25, 0.3) is 0 Å². The fourth-order valence-corrected chi connectivity index (χ4v) is 2.00. The molecule has 2 N–H and O–H groups in total. The molecule has 0 atom stereocenters. The van der Waals surface area contributed by atoms with Gasteiger partial charge in [-0.15, -0.1) is 29.1 Å². The van der Waals surface area contributed by atoms with Crippen molar-refractivity contribution in [2.45, 2.75) is 6.92 Å². The van der Waals surface area contributed by atoms with Gasteiger partial charge >= 0.3 is 0 Å². The Kier molecular flexibility index (Phi) is 4.47. The molecule has 0 fully saturated rings. The van der Waals surface area contributed by atoms with E-state index in [-0.39, 0.29) is 24.0 Å². The van der Waals surface area contributed by atoms with Crippen LogP contribution in [-0.4, -0.2) is 26.8 Å². The Hall–Kier alpha value is -1.68. The van der Waals surface area contributed by atoms with Crippen molar-refractivity contribution in [2.75, 3.05) is 11.9 Å². The maximum absolute atomic E-state index is 5.65. The first-order valence-electron chi connectivity index (χ1n) is 6.01. The van der Waals surface area contributed by atoms with Crippen LogP contribution in [0.25, 0.3) is 17.2 Å². The summed E-state index contributed by atoms with van der Waals surface area (Å²) in [7, 11) is 1.82. The third-order valence-corrected chi connectivity index (χ3v) is 3.38. The van der Waals surface area contributed by atoms with Crippen LogP contribution < -0.4 is 10.6 Å². The second-order valence-electron chi connectivity index (χ2n) is 4.41. The first kappa shape index (κ1) is 15.7. The fourth-order valence-electron chi connectivity index (χ4n) is 1.89. The Morgan fingerprint density at radius 3 is 2.57 bits per heavy atom. The van der Waals surface area contributed by atoms with Crippen molar-refractivity contribution in [1.29, 1.82) is 0 Å². The molecule has 2 aromatic heterocycles. The molecule has 0 amide bonds. The zero-order chi connectivity index (χ0) is 14.3. The number of aryl methyl sites for hydroxylation is 1. The van der Waals surface area contributed by atoms with Gasteiger partial charge in [0, 0.05) is 18.3 Å². The molecule has 2 heterocycles. The van der Waals surface area contributed by atoms with Gasteiger partial charge in [-0.3, -0.25) is 0 Å². The summed E-state index contributed by atoms with van der Waals surface area (Å²) >= 11 is 4.94. The molecule has 0 aliphatic heterocycles. The SMILES string of the molecule is Cc1ncc2oc(-c3ccc(N(C)C(N)=S)cc3)nn12.I. The lowest BCUT2D eigenvalue weighted by Crippen LogP contribution is -2.31. The summed E-state index contributed by atoms with van der Waals surface area (Å²) < 4.78 is 7.32. The topological polar surface area (TPSA) is 72.6 Å². The molecular weight excluding hydrogens is 401 g/mol. The Bertz CT molecular complexity index is 780. The van der Waals surface area contributed by atoms with E-state index in [1.54, 1.807) is 15.6 Å². The number of hydrogen-bond donors (Lipinski definition) is 1. The predicted octanol–water partition coefficient (Wildman–Crippen LogP) is 2.60. The van der Waals surface area contributed by atoms with Crippen molar-refractivity contribution >= 4 is 52.7 Å². The van der Waals surface area contributed by atoms with Crippen LogP contribution in [0, 0.1) is 6.92 Å². The molecule has 0 spiro atoms. The summed E-state index contributed by atoms with van der Waals surface area (Å²) in [6.07, 6.45) is 1.65. The van der Waals surface area contributed by atoms with Crippen molar-refractivity contribution in [3.63, 3.8) is 0 Å². The molecule has 3 rings (SSSR count). The van der Waals surface area contributed by atoms with Crippen LogP contribution in [-0.2, 0) is 0 Å². The van der Waals surface area contributed by atoms with Crippen LogP contribution in [0.2, 0.25) is 0 Å². The zero-order valence-electron chi connectivity index (χ0n) is 11.5. The van der Waals surface area contributed by atoms with E-state index in [1.807, 2.05) is 38.2 Å². The van der Waals surface area contributed by atoms with Crippen molar-refractivity contribution < 1.29 is 4.42 Å². The predicted molar refractivity (Wildman–Crippen MR) is 96.0 cm³/mol. The maximum Gasteiger partial charge on any atom is 0.246 e. The number of benzene rings is 1. The molecule has 0 aliphatic carbocycles. The van der Waals surface area contributed by atoms with E-state index in [0.717, 1.165) is 17.1 Å². The van der Waals surface area contributed by atoms with E-state index in [4.69, 9.17) is 22.4 Å². The Labute approximate surface area is 144 Å². The second-order valence-corrected chi connectivity index (χ2v) is 4.83. The molecule has 0 unspecified atom stereocenters. The normalized spacial score (nSPS) is 10.4. The molecule has 0 bridgehead atoms. The lowest BCUT2D eigenvalue weighted by molar-refractivity contribution is 0.617. The average molecular weight is 415 g/mol. The van der Waals surface area contributed by atoms with Gasteiger partial charge in [0.2, 0.25) is 11.6 Å². The Morgan fingerprint density at radius 1 is 1.33 bits per heavy atom. The number of imidazole rings is 1. The van der Waals surface area contributed by atoms with Crippen molar-refractivity contribution in [1.82, 2.24) is 14.6 Å². The third-order valence-electron chi connectivity index (χ3n) is 3.10. The first-order valence-corrected chi connectivity index (χ1v) is 6.42. The Morgan fingerprint density at radius 2 is 2.00 bits per heavy atom. The van der Waals surface area contributed by atoms with Gasteiger partial charge in [0.15, 0.2) is 5.11 Å². The van der Waals surface area contributed by atoms with Crippen LogP contribution in [0.3, 0.4) is 0 Å². The standard InChI is InChI=1S/C13H13N5OS.HI/c1-8-15-7-11-18(8)16-12(19-11)9-3-5-10(6-4-9)17(2)13(14)20;/h3-7H,1-2H3,(H2,14,20);1H. The van der Waals surface area contributed by atoms with Crippen LogP contribution in [0.1, 0.15) is 5.82 Å². The highest BCUT2D eigenvalue weighted by Gasteiger charge is 2.11. The molecule has 1 aromatic carbocycles. The number of hydrogen-bond acceptors (Lipinski definition) is 4. The van der Waals surface area contributed by atoms with Gasteiger partial charge in [0.05, 0.1) is 6.20 Å². The monoisotopic (exact) mass is 415 g/mol. The molecule has 0 radical (unpaired) electrons. The molecule has 0 aliphatic rings. The van der Waals surface area contributed by atoms with E-state index in [1.165, 1.54) is 0 Å². The third kappa shape index (κ3) is 2.86. The summed E-state index contributed by atoms with van der Waals surface area (Å²) in [5, 5.41) is 4.70. The zero-order valence-corrected chi connectivity index (χ0v) is 14.6. The minimum atomic E-state index is 0. The molecule has 0 saturated heterocycles. The second kappa shape index (κ2) is 5.98. The largest absolute Gasteiger partial charge is 0.417 e. The minimum Gasteiger partial charge on any atom is -0.417 e. The van der Waals surface area contributed by atoms with E-state index < -0.39 is 0 Å². The average Bonchev–Trinajstić information content (AvgIpc) is 3.01. The first-order chi connectivity index (χ1) is 9.56. The number of nitrogens with zero attached hydrogens (tertiary/aromatic N) is 4. The highest BCUT2D eigenvalue weighted by Crippen LogP contribution is 2.23. The number of rotatable bonds is 2. The van der Waals surface area contributed by atoms with Gasteiger partial charge in [0.1, 0.15) is 5.82 Å². The molecule has 110 valence electrons. The molecule has 8 heteroatoms. The van der Waals surface area contributed by atoms with Crippen molar-refractivity contribution in [3.8, 4) is 11.5 Å². The number of halogens is 1. The summed E-state index contributed by atoms with van der Waals surface area (Å²) in [5.74, 6) is 1.34. The lowest BCUT2D eigenvalue weighted by Gasteiger charge is -2.16. The van der Waals surface area contributed by atoms with Crippen LogP contribution >= 0.6 is 36.2 Å². The summed E-state index contributed by atoms with van der Waals surface area (Å²) in [4.78, 5) is 5.85. The smallest absolute Gasteiger partial charge is 0.246 e. The van der Waals surface area contributed by atoms with Crippen LogP contribution in [0.4, 0.5) is 5.69 Å². The fraction of sp³-hybridized carbons (Fsp3) is 0.154. The number of nitrogens with two attached hydrogens (primary N) is 1. The van der Waals surface area contributed by atoms with E-state index in [2.05, 4.69) is 10.1 Å². The van der Waals surface area contributed by atoms with E-state index >= 15 is 0 Å². The minimum absolute atomic E-state index is 0. The molecular formula is C13H14IN5OS. The summed E-state index contributed by atoms with van der Waals surface area (Å²) in [6, 6.07) is 7.66. The molecule has 3 aromatic rings. The van der Waals surface area contributed by atoms with Gasteiger partial charge in [-0.05, 0) is 43.4 Å². The van der Waals surface area contributed by atoms with Gasteiger partial charge in [-0.25, -0.2) is 4.98 Å². The summed E-state index contributed by atoms with van der Waals surface area (Å²) in [5.41, 5.74) is 8.01. The maximum atomic E-state index is 5.65. The quantitative estimate of drug-likeness (QED) is 0.513. The number of fused-ring (bicyclic) bond motifs is 1. The van der Waals surface area contributed by atoms with Crippen molar-refractivity contribution in [3.05, 3.63) is 36.3 Å². The molecule has 21 heavy (non-hydrogen) atoms. The van der Waals surface area contributed by atoms with Gasteiger partial charge in [-0.2, -0.15) is 4.52 Å². The van der Waals surface area contributed by atoms with Crippen LogP contribution in [0.15, 0.2) is 34.9 Å². The highest BCUT2D eigenvalue weighted by molar-refractivity contribution is 14.0. The van der Waals surface area contributed by atoms with E-state index in [0.29, 0.717) is 16.7 Å². The Balaban J connectivity index is 0.00000161. The molecule has 6 nitrogen and oxygen atoms in total. The highest BCUT2D eigenvalue weighted by atomic mass is 127. The lowest BCUT2D eigenvalue weighted by atomic mass is 10.2. The number of anilines is 1. The summed E-state index contributed by atoms with van der Waals surface area (Å²) in [6.45, 7) is 1.87. The van der Waals surface area contributed by atoms with Gasteiger partial charge < -0.3 is 15.1 Å². The number of thiocarbonyl (C=S) groups is 1. The van der Waals surface area contributed by atoms with Crippen LogP contribution in [0.5, 0.6) is 0 Å². The molecule has 0 saturated carbocycles. The number of aromatic nitrogens is 3. The van der Waals surface area contributed by atoms with Gasteiger partial charge in [-0.1, -0.05) is 0 Å².